The van der Waals surface area contributed by atoms with E-state index < -0.39 is 0 Å². The molecule has 4 nitrogen and oxygen atoms in total. The van der Waals surface area contributed by atoms with Crippen molar-refractivity contribution >= 4 is 17.3 Å². The van der Waals surface area contributed by atoms with Gasteiger partial charge in [0, 0.05) is 11.4 Å². The lowest BCUT2D eigenvalue weighted by Gasteiger charge is -2.14. The van der Waals surface area contributed by atoms with Crippen LogP contribution in [0.2, 0.25) is 0 Å². The summed E-state index contributed by atoms with van der Waals surface area (Å²) in [5, 5.41) is 2.91. The van der Waals surface area contributed by atoms with Crippen LogP contribution in [0.5, 0.6) is 5.75 Å². The van der Waals surface area contributed by atoms with Gasteiger partial charge in [-0.15, -0.1) is 0 Å². The highest BCUT2D eigenvalue weighted by Gasteiger charge is 2.17. The first-order chi connectivity index (χ1) is 10.0. The number of amides is 1. The maximum Gasteiger partial charge on any atom is 0.261 e. The first-order valence-corrected chi connectivity index (χ1v) is 6.92. The van der Waals surface area contributed by atoms with Gasteiger partial charge in [-0.3, -0.25) is 4.79 Å². The van der Waals surface area contributed by atoms with Crippen molar-refractivity contribution in [2.75, 3.05) is 17.7 Å². The van der Waals surface area contributed by atoms with E-state index in [4.69, 9.17) is 10.5 Å². The standard InChI is InChI=1S/C17H20N2O2/c1-4-21-15-7-5-6-13(18)16(15)17(20)19-14-10-11(2)8-9-12(14)3/h5-10H,4,18H2,1-3H3,(H,19,20). The van der Waals surface area contributed by atoms with Crippen LogP contribution in [-0.2, 0) is 0 Å². The van der Waals surface area contributed by atoms with Crippen molar-refractivity contribution in [2.24, 2.45) is 0 Å². The van der Waals surface area contributed by atoms with Gasteiger partial charge in [-0.1, -0.05) is 18.2 Å². The Labute approximate surface area is 124 Å². The first kappa shape index (κ1) is 14.9. The molecule has 0 radical (unpaired) electrons. The Morgan fingerprint density at radius 1 is 1.24 bits per heavy atom. The average Bonchev–Trinajstić information content (AvgIpc) is 2.43. The summed E-state index contributed by atoms with van der Waals surface area (Å²) >= 11 is 0. The monoisotopic (exact) mass is 284 g/mol. The maximum atomic E-state index is 12.5. The summed E-state index contributed by atoms with van der Waals surface area (Å²) in [4.78, 5) is 12.5. The smallest absolute Gasteiger partial charge is 0.261 e. The third-order valence-corrected chi connectivity index (χ3v) is 3.23. The van der Waals surface area contributed by atoms with E-state index in [1.807, 2.05) is 39.0 Å². The summed E-state index contributed by atoms with van der Waals surface area (Å²) < 4.78 is 5.49. The third-order valence-electron chi connectivity index (χ3n) is 3.23. The van der Waals surface area contributed by atoms with Crippen LogP contribution in [0.15, 0.2) is 36.4 Å². The Morgan fingerprint density at radius 2 is 2.00 bits per heavy atom. The van der Waals surface area contributed by atoms with Crippen molar-refractivity contribution < 1.29 is 9.53 Å². The molecule has 3 N–H and O–H groups in total. The maximum absolute atomic E-state index is 12.5. The van der Waals surface area contributed by atoms with Gasteiger partial charge in [-0.05, 0) is 50.1 Å². The number of carbonyl (C=O) groups is 1. The average molecular weight is 284 g/mol. The van der Waals surface area contributed by atoms with Gasteiger partial charge in [0.05, 0.1) is 6.61 Å². The van der Waals surface area contributed by atoms with Crippen LogP contribution < -0.4 is 15.8 Å². The van der Waals surface area contributed by atoms with Crippen LogP contribution in [-0.4, -0.2) is 12.5 Å². The predicted molar refractivity (Wildman–Crippen MR) is 85.9 cm³/mol. The summed E-state index contributed by atoms with van der Waals surface area (Å²) in [5.74, 6) is 0.241. The van der Waals surface area contributed by atoms with E-state index in [9.17, 15) is 4.79 Å². The minimum Gasteiger partial charge on any atom is -0.493 e. The van der Waals surface area contributed by atoms with E-state index in [-0.39, 0.29) is 5.91 Å². The highest BCUT2D eigenvalue weighted by Crippen LogP contribution is 2.26. The molecule has 1 amide bonds. The molecular formula is C17H20N2O2. The van der Waals surface area contributed by atoms with Gasteiger partial charge in [0.15, 0.2) is 0 Å². The minimum atomic E-state index is -0.259. The lowest BCUT2D eigenvalue weighted by atomic mass is 10.1. The predicted octanol–water partition coefficient (Wildman–Crippen LogP) is 3.54. The van der Waals surface area contributed by atoms with Crippen molar-refractivity contribution in [3.05, 3.63) is 53.1 Å². The second-order valence-electron chi connectivity index (χ2n) is 4.93. The molecule has 0 bridgehead atoms. The number of nitrogen functional groups attached to an aromatic ring is 1. The zero-order valence-corrected chi connectivity index (χ0v) is 12.6. The van der Waals surface area contributed by atoms with Crippen molar-refractivity contribution in [3.63, 3.8) is 0 Å². The third kappa shape index (κ3) is 3.34. The topological polar surface area (TPSA) is 64.3 Å². The molecule has 0 aliphatic carbocycles. The largest absolute Gasteiger partial charge is 0.493 e. The molecule has 0 aliphatic heterocycles. The minimum absolute atomic E-state index is 0.259. The van der Waals surface area contributed by atoms with Gasteiger partial charge in [0.25, 0.3) is 5.91 Å². The van der Waals surface area contributed by atoms with Gasteiger partial charge in [-0.25, -0.2) is 0 Å². The molecule has 0 saturated carbocycles. The summed E-state index contributed by atoms with van der Waals surface area (Å²) in [7, 11) is 0. The highest BCUT2D eigenvalue weighted by atomic mass is 16.5. The number of carbonyl (C=O) groups excluding carboxylic acids is 1. The number of aryl methyl sites for hydroxylation is 2. The van der Waals surface area contributed by atoms with Gasteiger partial charge in [0.1, 0.15) is 11.3 Å². The number of anilines is 2. The molecule has 0 fully saturated rings. The van der Waals surface area contributed by atoms with E-state index in [0.717, 1.165) is 16.8 Å². The molecule has 2 aromatic carbocycles. The number of nitrogens with one attached hydrogen (secondary N) is 1. The lowest BCUT2D eigenvalue weighted by molar-refractivity contribution is 0.102. The van der Waals surface area contributed by atoms with Crippen LogP contribution in [0.1, 0.15) is 28.4 Å². The van der Waals surface area contributed by atoms with Crippen LogP contribution in [0.4, 0.5) is 11.4 Å². The van der Waals surface area contributed by atoms with E-state index >= 15 is 0 Å². The van der Waals surface area contributed by atoms with E-state index in [1.165, 1.54) is 0 Å². The SMILES string of the molecule is CCOc1cccc(N)c1C(=O)Nc1cc(C)ccc1C. The fourth-order valence-electron chi connectivity index (χ4n) is 2.12. The molecule has 0 atom stereocenters. The number of nitrogens with two attached hydrogens (primary N) is 1. The molecule has 4 heteroatoms. The van der Waals surface area contributed by atoms with Gasteiger partial charge < -0.3 is 15.8 Å². The number of hydrogen-bond donors (Lipinski definition) is 2. The Balaban J connectivity index is 2.34. The Hall–Kier alpha value is -2.49. The molecule has 110 valence electrons. The second-order valence-corrected chi connectivity index (χ2v) is 4.93. The number of benzene rings is 2. The zero-order valence-electron chi connectivity index (χ0n) is 12.6. The summed E-state index contributed by atoms with van der Waals surface area (Å²) in [6.07, 6.45) is 0. The first-order valence-electron chi connectivity index (χ1n) is 6.92. The molecule has 0 heterocycles. The molecule has 0 unspecified atom stereocenters. The van der Waals surface area contributed by atoms with Crippen LogP contribution in [0, 0.1) is 13.8 Å². The van der Waals surface area contributed by atoms with Crippen molar-refractivity contribution in [1.29, 1.82) is 0 Å². The molecule has 0 aliphatic rings. The summed E-state index contributed by atoms with van der Waals surface area (Å²) in [5.41, 5.74) is 9.58. The van der Waals surface area contributed by atoms with Crippen molar-refractivity contribution in [3.8, 4) is 5.75 Å². The van der Waals surface area contributed by atoms with Gasteiger partial charge >= 0.3 is 0 Å². The number of hydrogen-bond acceptors (Lipinski definition) is 3. The molecule has 0 spiro atoms. The second kappa shape index (κ2) is 6.31. The van der Waals surface area contributed by atoms with Gasteiger partial charge in [-0.2, -0.15) is 0 Å². The van der Waals surface area contributed by atoms with Crippen LogP contribution in [0.25, 0.3) is 0 Å². The van der Waals surface area contributed by atoms with Gasteiger partial charge in [0.2, 0.25) is 0 Å². The zero-order chi connectivity index (χ0) is 15.4. The number of rotatable bonds is 4. The van der Waals surface area contributed by atoms with Crippen molar-refractivity contribution in [1.82, 2.24) is 0 Å². The Morgan fingerprint density at radius 3 is 2.71 bits per heavy atom. The van der Waals surface area contributed by atoms with E-state index in [2.05, 4.69) is 5.32 Å². The van der Waals surface area contributed by atoms with E-state index in [0.29, 0.717) is 23.6 Å². The molecule has 21 heavy (non-hydrogen) atoms. The summed E-state index contributed by atoms with van der Waals surface area (Å²) in [6, 6.07) is 11.1. The fourth-order valence-corrected chi connectivity index (χ4v) is 2.12. The fraction of sp³-hybridized carbons (Fsp3) is 0.235. The molecule has 2 aromatic rings. The summed E-state index contributed by atoms with van der Waals surface area (Å²) in [6.45, 7) is 6.28. The van der Waals surface area contributed by atoms with Crippen LogP contribution in [0.3, 0.4) is 0 Å². The Bertz CT molecular complexity index is 666. The highest BCUT2D eigenvalue weighted by molar-refractivity contribution is 6.10. The van der Waals surface area contributed by atoms with E-state index in [1.54, 1.807) is 18.2 Å². The van der Waals surface area contributed by atoms with Crippen LogP contribution >= 0.6 is 0 Å². The quantitative estimate of drug-likeness (QED) is 0.844. The number of ether oxygens (including phenoxy) is 1. The lowest BCUT2D eigenvalue weighted by Crippen LogP contribution is -2.16. The molecule has 0 saturated heterocycles. The van der Waals surface area contributed by atoms with Crippen molar-refractivity contribution in [2.45, 2.75) is 20.8 Å². The normalized spacial score (nSPS) is 10.2. The molecule has 2 rings (SSSR count). The Kier molecular flexibility index (Phi) is 4.48. The molecular weight excluding hydrogens is 264 g/mol. The molecule has 0 aromatic heterocycles.